The van der Waals surface area contributed by atoms with Crippen LogP contribution in [0.4, 0.5) is 5.69 Å². The van der Waals surface area contributed by atoms with Crippen molar-refractivity contribution in [3.8, 4) is 0 Å². The number of rotatable bonds is 4. The van der Waals surface area contributed by atoms with E-state index in [4.69, 9.17) is 0 Å². The first-order chi connectivity index (χ1) is 12.0. The van der Waals surface area contributed by atoms with Crippen LogP contribution in [0.25, 0.3) is 10.8 Å². The third-order valence-corrected chi connectivity index (χ3v) is 4.08. The van der Waals surface area contributed by atoms with E-state index in [2.05, 4.69) is 28.8 Å². The van der Waals surface area contributed by atoms with Crippen molar-refractivity contribution < 1.29 is 9.59 Å². The summed E-state index contributed by atoms with van der Waals surface area (Å²) in [4.78, 5) is 23.7. The maximum absolute atomic E-state index is 12.6. The predicted molar refractivity (Wildman–Crippen MR) is 101 cm³/mol. The number of benzene rings is 3. The molecule has 0 bridgehead atoms. The smallest absolute Gasteiger partial charge is 0.251 e. The SMILES string of the molecule is CC(=O)Nc1cccc(C(=O)NC(C)c2cccc3ccccc23)c1. The summed E-state index contributed by atoms with van der Waals surface area (Å²) in [5, 5.41) is 8.00. The molecule has 3 rings (SSSR count). The van der Waals surface area contributed by atoms with Crippen LogP contribution in [0.3, 0.4) is 0 Å². The van der Waals surface area contributed by atoms with Crippen LogP contribution < -0.4 is 10.6 Å². The Labute approximate surface area is 146 Å². The largest absolute Gasteiger partial charge is 0.345 e. The fraction of sp³-hybridized carbons (Fsp3) is 0.143. The Kier molecular flexibility index (Phi) is 4.80. The topological polar surface area (TPSA) is 58.2 Å². The van der Waals surface area contributed by atoms with Gasteiger partial charge in [0, 0.05) is 18.2 Å². The Morgan fingerprint density at radius 3 is 2.44 bits per heavy atom. The molecule has 0 aromatic heterocycles. The number of hydrogen-bond acceptors (Lipinski definition) is 2. The summed E-state index contributed by atoms with van der Waals surface area (Å²) in [5.74, 6) is -0.339. The van der Waals surface area contributed by atoms with E-state index in [9.17, 15) is 9.59 Å². The minimum atomic E-state index is -0.173. The molecule has 2 amide bonds. The minimum Gasteiger partial charge on any atom is -0.345 e. The monoisotopic (exact) mass is 332 g/mol. The lowest BCUT2D eigenvalue weighted by Crippen LogP contribution is -2.26. The molecule has 0 spiro atoms. The summed E-state index contributed by atoms with van der Waals surface area (Å²) < 4.78 is 0. The zero-order chi connectivity index (χ0) is 17.8. The van der Waals surface area contributed by atoms with E-state index in [-0.39, 0.29) is 17.9 Å². The van der Waals surface area contributed by atoms with Gasteiger partial charge in [0.15, 0.2) is 0 Å². The fourth-order valence-corrected chi connectivity index (χ4v) is 2.93. The van der Waals surface area contributed by atoms with Gasteiger partial charge >= 0.3 is 0 Å². The maximum atomic E-state index is 12.6. The minimum absolute atomic E-state index is 0.136. The van der Waals surface area contributed by atoms with E-state index < -0.39 is 0 Å². The van der Waals surface area contributed by atoms with Gasteiger partial charge < -0.3 is 10.6 Å². The second-order valence-electron chi connectivity index (χ2n) is 6.03. The number of carbonyl (C=O) groups is 2. The van der Waals surface area contributed by atoms with E-state index in [0.717, 1.165) is 16.3 Å². The molecular weight excluding hydrogens is 312 g/mol. The van der Waals surface area contributed by atoms with Crippen molar-refractivity contribution in [2.75, 3.05) is 5.32 Å². The highest BCUT2D eigenvalue weighted by atomic mass is 16.2. The number of anilines is 1. The molecule has 4 heteroatoms. The molecule has 0 heterocycles. The second-order valence-corrected chi connectivity index (χ2v) is 6.03. The van der Waals surface area contributed by atoms with Gasteiger partial charge in [-0.05, 0) is 41.5 Å². The van der Waals surface area contributed by atoms with E-state index in [0.29, 0.717) is 11.3 Å². The van der Waals surface area contributed by atoms with Gasteiger partial charge in [0.2, 0.25) is 5.91 Å². The van der Waals surface area contributed by atoms with Crippen molar-refractivity contribution in [3.63, 3.8) is 0 Å². The maximum Gasteiger partial charge on any atom is 0.251 e. The molecule has 25 heavy (non-hydrogen) atoms. The van der Waals surface area contributed by atoms with Crippen LogP contribution >= 0.6 is 0 Å². The number of carbonyl (C=O) groups excluding carboxylic acids is 2. The first kappa shape index (κ1) is 16.7. The molecule has 0 aliphatic heterocycles. The first-order valence-electron chi connectivity index (χ1n) is 8.21. The van der Waals surface area contributed by atoms with Crippen LogP contribution in [0.15, 0.2) is 66.7 Å². The zero-order valence-electron chi connectivity index (χ0n) is 14.2. The molecule has 0 aliphatic carbocycles. The standard InChI is InChI=1S/C21H20N2O2/c1-14(19-12-6-8-16-7-3-4-11-20(16)19)22-21(25)17-9-5-10-18(13-17)23-15(2)24/h3-14H,1-2H3,(H,22,25)(H,23,24). The first-order valence-corrected chi connectivity index (χ1v) is 8.21. The van der Waals surface area contributed by atoms with Crippen LogP contribution in [0, 0.1) is 0 Å². The molecule has 3 aromatic rings. The van der Waals surface area contributed by atoms with Crippen molar-refractivity contribution in [1.82, 2.24) is 5.32 Å². The molecule has 1 atom stereocenters. The lowest BCUT2D eigenvalue weighted by Gasteiger charge is -2.17. The third kappa shape index (κ3) is 3.86. The summed E-state index contributed by atoms with van der Waals surface area (Å²) in [7, 11) is 0. The molecule has 0 radical (unpaired) electrons. The lowest BCUT2D eigenvalue weighted by molar-refractivity contribution is -0.114. The van der Waals surface area contributed by atoms with Crippen LogP contribution in [-0.2, 0) is 4.79 Å². The van der Waals surface area contributed by atoms with Crippen molar-refractivity contribution in [2.24, 2.45) is 0 Å². The van der Waals surface area contributed by atoms with Gasteiger partial charge in [-0.1, -0.05) is 48.5 Å². The lowest BCUT2D eigenvalue weighted by atomic mass is 9.99. The Morgan fingerprint density at radius 1 is 0.920 bits per heavy atom. The Balaban J connectivity index is 1.81. The highest BCUT2D eigenvalue weighted by Gasteiger charge is 2.14. The molecule has 2 N–H and O–H groups in total. The van der Waals surface area contributed by atoms with E-state index in [1.807, 2.05) is 31.2 Å². The average Bonchev–Trinajstić information content (AvgIpc) is 2.60. The van der Waals surface area contributed by atoms with Crippen LogP contribution in [0.1, 0.15) is 35.8 Å². The third-order valence-electron chi connectivity index (χ3n) is 4.08. The van der Waals surface area contributed by atoms with Crippen molar-refractivity contribution in [3.05, 3.63) is 77.9 Å². The van der Waals surface area contributed by atoms with Crippen molar-refractivity contribution >= 4 is 28.3 Å². The normalized spacial score (nSPS) is 11.8. The van der Waals surface area contributed by atoms with Crippen molar-refractivity contribution in [2.45, 2.75) is 19.9 Å². The molecule has 4 nitrogen and oxygen atoms in total. The highest BCUT2D eigenvalue weighted by molar-refractivity contribution is 5.97. The van der Waals surface area contributed by atoms with Crippen molar-refractivity contribution in [1.29, 1.82) is 0 Å². The van der Waals surface area contributed by atoms with Gasteiger partial charge in [-0.25, -0.2) is 0 Å². The number of fused-ring (bicyclic) bond motifs is 1. The number of hydrogen-bond donors (Lipinski definition) is 2. The van der Waals surface area contributed by atoms with E-state index >= 15 is 0 Å². The average molecular weight is 332 g/mol. The molecular formula is C21H20N2O2. The summed E-state index contributed by atoms with van der Waals surface area (Å²) in [5.41, 5.74) is 2.20. The molecule has 3 aromatic carbocycles. The molecule has 0 aliphatic rings. The van der Waals surface area contributed by atoms with Gasteiger partial charge in [-0.3, -0.25) is 9.59 Å². The van der Waals surface area contributed by atoms with Crippen LogP contribution in [0.5, 0.6) is 0 Å². The van der Waals surface area contributed by atoms with Crippen LogP contribution in [0.2, 0.25) is 0 Å². The highest BCUT2D eigenvalue weighted by Crippen LogP contribution is 2.24. The molecule has 1 unspecified atom stereocenters. The quantitative estimate of drug-likeness (QED) is 0.749. The van der Waals surface area contributed by atoms with Crippen LogP contribution in [-0.4, -0.2) is 11.8 Å². The fourth-order valence-electron chi connectivity index (χ4n) is 2.93. The molecule has 0 saturated carbocycles. The van der Waals surface area contributed by atoms with Gasteiger partial charge in [-0.15, -0.1) is 0 Å². The number of amides is 2. The Hall–Kier alpha value is -3.14. The summed E-state index contributed by atoms with van der Waals surface area (Å²) in [6.45, 7) is 3.41. The van der Waals surface area contributed by atoms with E-state index in [1.54, 1.807) is 24.3 Å². The second kappa shape index (κ2) is 7.18. The zero-order valence-corrected chi connectivity index (χ0v) is 14.2. The van der Waals surface area contributed by atoms with Gasteiger partial charge in [0.05, 0.1) is 6.04 Å². The summed E-state index contributed by atoms with van der Waals surface area (Å²) in [6, 6.07) is 21.0. The van der Waals surface area contributed by atoms with E-state index in [1.165, 1.54) is 6.92 Å². The Bertz CT molecular complexity index is 929. The molecule has 0 saturated heterocycles. The van der Waals surface area contributed by atoms with Gasteiger partial charge in [-0.2, -0.15) is 0 Å². The van der Waals surface area contributed by atoms with Gasteiger partial charge in [0.25, 0.3) is 5.91 Å². The number of nitrogens with one attached hydrogen (secondary N) is 2. The molecule has 126 valence electrons. The predicted octanol–water partition coefficient (Wildman–Crippen LogP) is 4.29. The molecule has 0 fully saturated rings. The Morgan fingerprint density at radius 2 is 1.64 bits per heavy atom. The summed E-state index contributed by atoms with van der Waals surface area (Å²) >= 11 is 0. The summed E-state index contributed by atoms with van der Waals surface area (Å²) in [6.07, 6.45) is 0. The van der Waals surface area contributed by atoms with Gasteiger partial charge in [0.1, 0.15) is 0 Å².